The van der Waals surface area contributed by atoms with Crippen LogP contribution >= 0.6 is 11.8 Å². The van der Waals surface area contributed by atoms with E-state index in [2.05, 4.69) is 60.9 Å². The van der Waals surface area contributed by atoms with Gasteiger partial charge in [-0.2, -0.15) is 0 Å². The van der Waals surface area contributed by atoms with Crippen LogP contribution in [0.2, 0.25) is 0 Å². The molecule has 0 fully saturated rings. The topological polar surface area (TPSA) is 9.23 Å². The van der Waals surface area contributed by atoms with Crippen LogP contribution < -0.4 is 4.74 Å². The molecule has 0 radical (unpaired) electrons. The molecule has 0 unspecified atom stereocenters. The molecule has 0 atom stereocenters. The standard InChI is InChI=1S/C18H16OS/c1-19-17-12-9-13-5-3-4-6-16(13)18(17)14-7-10-15(20-2)11-8-14/h3-12H,1-2H3. The molecule has 0 aliphatic carbocycles. The molecule has 0 bridgehead atoms. The summed E-state index contributed by atoms with van der Waals surface area (Å²) in [6.07, 6.45) is 2.09. The molecule has 0 aromatic heterocycles. The zero-order valence-corrected chi connectivity index (χ0v) is 12.4. The van der Waals surface area contributed by atoms with E-state index in [9.17, 15) is 0 Å². The minimum atomic E-state index is 0.917. The molecular formula is C18H16OS. The van der Waals surface area contributed by atoms with Crippen molar-refractivity contribution in [1.82, 2.24) is 0 Å². The number of hydrogen-bond acceptors (Lipinski definition) is 2. The maximum atomic E-state index is 5.56. The highest BCUT2D eigenvalue weighted by molar-refractivity contribution is 7.98. The van der Waals surface area contributed by atoms with E-state index < -0.39 is 0 Å². The number of ether oxygens (including phenoxy) is 1. The van der Waals surface area contributed by atoms with Crippen LogP contribution in [0.1, 0.15) is 0 Å². The number of thioether (sulfide) groups is 1. The van der Waals surface area contributed by atoms with Crippen molar-refractivity contribution in [2.75, 3.05) is 13.4 Å². The van der Waals surface area contributed by atoms with Crippen molar-refractivity contribution in [2.24, 2.45) is 0 Å². The zero-order valence-electron chi connectivity index (χ0n) is 11.6. The molecule has 0 saturated carbocycles. The van der Waals surface area contributed by atoms with Crippen LogP contribution in [0.3, 0.4) is 0 Å². The molecule has 0 heterocycles. The second-order valence-electron chi connectivity index (χ2n) is 4.59. The van der Waals surface area contributed by atoms with Crippen LogP contribution in [0.4, 0.5) is 0 Å². The zero-order chi connectivity index (χ0) is 13.9. The minimum absolute atomic E-state index is 0.917. The van der Waals surface area contributed by atoms with Crippen molar-refractivity contribution in [2.45, 2.75) is 4.90 Å². The van der Waals surface area contributed by atoms with Gasteiger partial charge in [0.25, 0.3) is 0 Å². The number of fused-ring (bicyclic) bond motifs is 1. The first-order valence-corrected chi connectivity index (χ1v) is 7.76. The van der Waals surface area contributed by atoms with Gasteiger partial charge in [-0.05, 0) is 40.8 Å². The van der Waals surface area contributed by atoms with Crippen LogP contribution in [0, 0.1) is 0 Å². The molecule has 20 heavy (non-hydrogen) atoms. The molecule has 0 aliphatic rings. The van der Waals surface area contributed by atoms with Gasteiger partial charge in [0, 0.05) is 10.5 Å². The van der Waals surface area contributed by atoms with E-state index in [-0.39, 0.29) is 0 Å². The molecule has 1 nitrogen and oxygen atoms in total. The quantitative estimate of drug-likeness (QED) is 0.607. The van der Waals surface area contributed by atoms with Gasteiger partial charge >= 0.3 is 0 Å². The van der Waals surface area contributed by atoms with Crippen LogP contribution in [-0.2, 0) is 0 Å². The Morgan fingerprint density at radius 2 is 1.60 bits per heavy atom. The Morgan fingerprint density at radius 3 is 2.30 bits per heavy atom. The Morgan fingerprint density at radius 1 is 0.850 bits per heavy atom. The summed E-state index contributed by atoms with van der Waals surface area (Å²) in [6.45, 7) is 0. The number of rotatable bonds is 3. The molecule has 100 valence electrons. The Hall–Kier alpha value is -1.93. The van der Waals surface area contributed by atoms with Crippen molar-refractivity contribution in [1.29, 1.82) is 0 Å². The second-order valence-corrected chi connectivity index (χ2v) is 5.47. The van der Waals surface area contributed by atoms with Gasteiger partial charge < -0.3 is 4.74 Å². The Labute approximate surface area is 123 Å². The fourth-order valence-electron chi connectivity index (χ4n) is 2.48. The van der Waals surface area contributed by atoms with E-state index in [0.29, 0.717) is 0 Å². The first-order chi connectivity index (χ1) is 9.83. The van der Waals surface area contributed by atoms with E-state index in [4.69, 9.17) is 4.74 Å². The van der Waals surface area contributed by atoms with Crippen LogP contribution in [0.15, 0.2) is 65.6 Å². The van der Waals surface area contributed by atoms with Gasteiger partial charge in [0.05, 0.1) is 7.11 Å². The number of benzene rings is 3. The summed E-state index contributed by atoms with van der Waals surface area (Å²) in [7, 11) is 1.73. The molecule has 3 aromatic carbocycles. The second kappa shape index (κ2) is 5.59. The van der Waals surface area contributed by atoms with Gasteiger partial charge in [0.2, 0.25) is 0 Å². The van der Waals surface area contributed by atoms with Crippen LogP contribution in [-0.4, -0.2) is 13.4 Å². The van der Waals surface area contributed by atoms with Crippen LogP contribution in [0.25, 0.3) is 21.9 Å². The largest absolute Gasteiger partial charge is 0.496 e. The monoisotopic (exact) mass is 280 g/mol. The maximum Gasteiger partial charge on any atom is 0.127 e. The van der Waals surface area contributed by atoms with Crippen LogP contribution in [0.5, 0.6) is 5.75 Å². The van der Waals surface area contributed by atoms with Crippen molar-refractivity contribution in [3.8, 4) is 16.9 Å². The van der Waals surface area contributed by atoms with E-state index in [1.165, 1.54) is 26.8 Å². The van der Waals surface area contributed by atoms with E-state index in [1.54, 1.807) is 18.9 Å². The lowest BCUT2D eigenvalue weighted by Gasteiger charge is -2.12. The molecule has 0 N–H and O–H groups in total. The van der Waals surface area contributed by atoms with Crippen molar-refractivity contribution in [3.05, 3.63) is 60.7 Å². The van der Waals surface area contributed by atoms with Gasteiger partial charge in [0.15, 0.2) is 0 Å². The van der Waals surface area contributed by atoms with E-state index in [0.717, 1.165) is 5.75 Å². The number of methoxy groups -OCH3 is 1. The molecule has 0 saturated heterocycles. The third kappa shape index (κ3) is 2.27. The normalized spacial score (nSPS) is 10.7. The van der Waals surface area contributed by atoms with Gasteiger partial charge in [-0.25, -0.2) is 0 Å². The Bertz CT molecular complexity index is 732. The molecule has 3 rings (SSSR count). The number of hydrogen-bond donors (Lipinski definition) is 0. The fraction of sp³-hybridized carbons (Fsp3) is 0.111. The SMILES string of the molecule is COc1ccc2ccccc2c1-c1ccc(SC)cc1. The predicted molar refractivity (Wildman–Crippen MR) is 87.7 cm³/mol. The third-order valence-electron chi connectivity index (χ3n) is 3.49. The summed E-state index contributed by atoms with van der Waals surface area (Å²) in [5.41, 5.74) is 2.36. The molecule has 0 spiro atoms. The van der Waals surface area contributed by atoms with Gasteiger partial charge in [-0.3, -0.25) is 0 Å². The van der Waals surface area contributed by atoms with E-state index in [1.807, 2.05) is 6.07 Å². The average molecular weight is 280 g/mol. The average Bonchev–Trinajstić information content (AvgIpc) is 2.54. The lowest BCUT2D eigenvalue weighted by atomic mass is 9.97. The lowest BCUT2D eigenvalue weighted by molar-refractivity contribution is 0.417. The summed E-state index contributed by atoms with van der Waals surface area (Å²) in [5, 5.41) is 2.46. The molecule has 3 aromatic rings. The Kier molecular flexibility index (Phi) is 3.66. The summed E-state index contributed by atoms with van der Waals surface area (Å²) in [5.74, 6) is 0.917. The highest BCUT2D eigenvalue weighted by atomic mass is 32.2. The van der Waals surface area contributed by atoms with Crippen molar-refractivity contribution < 1.29 is 4.74 Å². The van der Waals surface area contributed by atoms with Gasteiger partial charge in [-0.1, -0.05) is 42.5 Å². The molecule has 0 amide bonds. The lowest BCUT2D eigenvalue weighted by Crippen LogP contribution is -1.89. The minimum Gasteiger partial charge on any atom is -0.496 e. The van der Waals surface area contributed by atoms with Gasteiger partial charge in [0.1, 0.15) is 5.75 Å². The maximum absolute atomic E-state index is 5.56. The summed E-state index contributed by atoms with van der Waals surface area (Å²) in [6, 6.07) is 21.2. The smallest absolute Gasteiger partial charge is 0.127 e. The molecule has 2 heteroatoms. The summed E-state index contributed by atoms with van der Waals surface area (Å²) < 4.78 is 5.56. The Balaban J connectivity index is 2.26. The molecular weight excluding hydrogens is 264 g/mol. The highest BCUT2D eigenvalue weighted by Crippen LogP contribution is 2.37. The third-order valence-corrected chi connectivity index (χ3v) is 4.23. The van der Waals surface area contributed by atoms with Crippen molar-refractivity contribution >= 4 is 22.5 Å². The highest BCUT2D eigenvalue weighted by Gasteiger charge is 2.10. The van der Waals surface area contributed by atoms with E-state index >= 15 is 0 Å². The first-order valence-electron chi connectivity index (χ1n) is 6.53. The molecule has 0 aliphatic heterocycles. The predicted octanol–water partition coefficient (Wildman–Crippen LogP) is 5.24. The summed E-state index contributed by atoms with van der Waals surface area (Å²) in [4.78, 5) is 1.27. The van der Waals surface area contributed by atoms with Crippen molar-refractivity contribution in [3.63, 3.8) is 0 Å². The first kappa shape index (κ1) is 13.1. The summed E-state index contributed by atoms with van der Waals surface area (Å²) >= 11 is 1.76. The van der Waals surface area contributed by atoms with Gasteiger partial charge in [-0.15, -0.1) is 11.8 Å². The fourth-order valence-corrected chi connectivity index (χ4v) is 2.89.